The molecule has 1 rings (SSSR count). The second-order valence-corrected chi connectivity index (χ2v) is 3.56. The summed E-state index contributed by atoms with van der Waals surface area (Å²) in [6.07, 6.45) is 0. The molecule has 0 bridgehead atoms. The zero-order valence-corrected chi connectivity index (χ0v) is 9.67. The van der Waals surface area contributed by atoms with Gasteiger partial charge in [-0.25, -0.2) is 0 Å². The van der Waals surface area contributed by atoms with Crippen LogP contribution in [0.2, 0.25) is 0 Å². The molecule has 0 unspecified atom stereocenters. The molecule has 0 aliphatic rings. The van der Waals surface area contributed by atoms with E-state index in [0.717, 1.165) is 14.5 Å². The second-order valence-electron chi connectivity index (χ2n) is 1.92. The lowest BCUT2D eigenvalue weighted by Crippen LogP contribution is -1.96. The molecule has 0 aromatic heterocycles. The largest absolute Gasteiger partial charge is 0.326 e. The normalized spacial score (nSPS) is 9.00. The molecular formula is C7H8Br2ClN. The summed E-state index contributed by atoms with van der Waals surface area (Å²) in [6.45, 7) is 0.569. The van der Waals surface area contributed by atoms with Crippen molar-refractivity contribution in [2.45, 2.75) is 6.54 Å². The molecule has 0 spiro atoms. The first kappa shape index (κ1) is 11.4. The minimum Gasteiger partial charge on any atom is -0.326 e. The van der Waals surface area contributed by atoms with E-state index in [-0.39, 0.29) is 12.4 Å². The number of hydrogen-bond donors (Lipinski definition) is 1. The Morgan fingerprint density at radius 3 is 2.36 bits per heavy atom. The number of halogens is 3. The first-order valence-electron chi connectivity index (χ1n) is 2.88. The highest BCUT2D eigenvalue weighted by Gasteiger charge is 1.99. The van der Waals surface area contributed by atoms with Gasteiger partial charge < -0.3 is 5.73 Å². The molecule has 4 heteroatoms. The van der Waals surface area contributed by atoms with Crippen molar-refractivity contribution in [1.29, 1.82) is 0 Å². The highest BCUT2D eigenvalue weighted by molar-refractivity contribution is 9.13. The fourth-order valence-electron chi connectivity index (χ4n) is 0.706. The molecule has 1 aromatic rings. The van der Waals surface area contributed by atoms with Crippen molar-refractivity contribution in [3.8, 4) is 0 Å². The number of nitrogens with two attached hydrogens (primary N) is 1. The maximum atomic E-state index is 5.47. The van der Waals surface area contributed by atoms with Crippen molar-refractivity contribution >= 4 is 44.3 Å². The van der Waals surface area contributed by atoms with Crippen molar-refractivity contribution in [3.63, 3.8) is 0 Å². The molecule has 62 valence electrons. The Hall–Kier alpha value is 0.430. The van der Waals surface area contributed by atoms with E-state index in [1.165, 1.54) is 0 Å². The molecule has 0 saturated carbocycles. The Bertz CT molecular complexity index is 240. The Morgan fingerprint density at radius 1 is 1.27 bits per heavy atom. The van der Waals surface area contributed by atoms with Crippen molar-refractivity contribution in [2.75, 3.05) is 0 Å². The maximum absolute atomic E-state index is 5.47. The third-order valence-corrected chi connectivity index (χ3v) is 3.38. The summed E-state index contributed by atoms with van der Waals surface area (Å²) < 4.78 is 2.10. The molecule has 0 fully saturated rings. The number of benzene rings is 1. The van der Waals surface area contributed by atoms with Crippen LogP contribution in [-0.2, 0) is 6.54 Å². The molecule has 0 radical (unpaired) electrons. The third-order valence-electron chi connectivity index (χ3n) is 1.25. The first-order chi connectivity index (χ1) is 4.75. The van der Waals surface area contributed by atoms with Crippen molar-refractivity contribution in [2.24, 2.45) is 5.73 Å². The molecule has 1 nitrogen and oxygen atoms in total. The summed E-state index contributed by atoms with van der Waals surface area (Å²) in [5.41, 5.74) is 6.59. The molecule has 0 amide bonds. The lowest BCUT2D eigenvalue weighted by Gasteiger charge is -2.01. The molecular weight excluding hydrogens is 293 g/mol. The SMILES string of the molecule is Cl.NCc1cccc(Br)c1Br. The minimum atomic E-state index is 0. The van der Waals surface area contributed by atoms with Crippen LogP contribution in [0.3, 0.4) is 0 Å². The topological polar surface area (TPSA) is 26.0 Å². The summed E-state index contributed by atoms with van der Waals surface area (Å²) in [7, 11) is 0. The second kappa shape index (κ2) is 5.14. The van der Waals surface area contributed by atoms with Crippen LogP contribution in [0.5, 0.6) is 0 Å². The lowest BCUT2D eigenvalue weighted by atomic mass is 10.2. The summed E-state index contributed by atoms with van der Waals surface area (Å²) >= 11 is 6.80. The van der Waals surface area contributed by atoms with Crippen molar-refractivity contribution < 1.29 is 0 Å². The summed E-state index contributed by atoms with van der Waals surface area (Å²) in [4.78, 5) is 0. The van der Waals surface area contributed by atoms with Crippen molar-refractivity contribution in [1.82, 2.24) is 0 Å². The fraction of sp³-hybridized carbons (Fsp3) is 0.143. The van der Waals surface area contributed by atoms with Gasteiger partial charge in [-0.3, -0.25) is 0 Å². The van der Waals surface area contributed by atoms with E-state index < -0.39 is 0 Å². The van der Waals surface area contributed by atoms with Crippen LogP contribution in [0.4, 0.5) is 0 Å². The Morgan fingerprint density at radius 2 is 1.91 bits per heavy atom. The van der Waals surface area contributed by atoms with Crippen LogP contribution >= 0.6 is 44.3 Å². The zero-order valence-electron chi connectivity index (χ0n) is 5.68. The van der Waals surface area contributed by atoms with E-state index in [4.69, 9.17) is 5.73 Å². The van der Waals surface area contributed by atoms with Crippen LogP contribution < -0.4 is 5.73 Å². The molecule has 1 aromatic carbocycles. The van der Waals surface area contributed by atoms with Gasteiger partial charge in [0.15, 0.2) is 0 Å². The van der Waals surface area contributed by atoms with E-state index in [1.54, 1.807) is 0 Å². The Kier molecular flexibility index (Phi) is 5.34. The average molecular weight is 301 g/mol. The van der Waals surface area contributed by atoms with Gasteiger partial charge in [0, 0.05) is 15.5 Å². The minimum absolute atomic E-state index is 0. The van der Waals surface area contributed by atoms with E-state index in [1.807, 2.05) is 18.2 Å². The highest BCUT2D eigenvalue weighted by Crippen LogP contribution is 2.25. The Balaban J connectivity index is 0.000001000. The van der Waals surface area contributed by atoms with Gasteiger partial charge in [-0.1, -0.05) is 12.1 Å². The standard InChI is InChI=1S/C7H7Br2N.ClH/c8-6-3-1-2-5(4-10)7(6)9;/h1-3H,4,10H2;1H. The van der Waals surface area contributed by atoms with Gasteiger partial charge in [0.2, 0.25) is 0 Å². The van der Waals surface area contributed by atoms with Gasteiger partial charge >= 0.3 is 0 Å². The van der Waals surface area contributed by atoms with Gasteiger partial charge in [0.25, 0.3) is 0 Å². The zero-order chi connectivity index (χ0) is 7.56. The van der Waals surface area contributed by atoms with Gasteiger partial charge in [-0.15, -0.1) is 12.4 Å². The quantitative estimate of drug-likeness (QED) is 0.847. The monoisotopic (exact) mass is 299 g/mol. The van der Waals surface area contributed by atoms with Gasteiger partial charge in [0.05, 0.1) is 0 Å². The van der Waals surface area contributed by atoms with Crippen LogP contribution in [0.1, 0.15) is 5.56 Å². The average Bonchev–Trinajstić information content (AvgIpc) is 1.95. The molecule has 0 aliphatic heterocycles. The summed E-state index contributed by atoms with van der Waals surface area (Å²) in [6, 6.07) is 5.94. The molecule has 2 N–H and O–H groups in total. The van der Waals surface area contributed by atoms with Gasteiger partial charge in [0.1, 0.15) is 0 Å². The maximum Gasteiger partial charge on any atom is 0.0362 e. The van der Waals surface area contributed by atoms with E-state index in [0.29, 0.717) is 6.54 Å². The molecule has 11 heavy (non-hydrogen) atoms. The van der Waals surface area contributed by atoms with E-state index in [2.05, 4.69) is 31.9 Å². The smallest absolute Gasteiger partial charge is 0.0362 e. The fourth-order valence-corrected chi connectivity index (χ4v) is 1.54. The number of rotatable bonds is 1. The third kappa shape index (κ3) is 2.75. The van der Waals surface area contributed by atoms with E-state index >= 15 is 0 Å². The molecule has 0 atom stereocenters. The lowest BCUT2D eigenvalue weighted by molar-refractivity contribution is 1.06. The number of hydrogen-bond acceptors (Lipinski definition) is 1. The predicted octanol–water partition coefficient (Wildman–Crippen LogP) is 3.09. The highest BCUT2D eigenvalue weighted by atomic mass is 79.9. The van der Waals surface area contributed by atoms with Crippen LogP contribution in [0.25, 0.3) is 0 Å². The Labute approximate surface area is 89.0 Å². The van der Waals surface area contributed by atoms with Crippen LogP contribution in [-0.4, -0.2) is 0 Å². The first-order valence-corrected chi connectivity index (χ1v) is 4.47. The summed E-state index contributed by atoms with van der Waals surface area (Å²) in [5.74, 6) is 0. The van der Waals surface area contributed by atoms with Crippen molar-refractivity contribution in [3.05, 3.63) is 32.7 Å². The van der Waals surface area contributed by atoms with Crippen LogP contribution in [0, 0.1) is 0 Å². The molecule has 0 saturated heterocycles. The van der Waals surface area contributed by atoms with E-state index in [9.17, 15) is 0 Å². The molecule has 0 aliphatic carbocycles. The van der Waals surface area contributed by atoms with Gasteiger partial charge in [-0.05, 0) is 43.5 Å². The van der Waals surface area contributed by atoms with Crippen LogP contribution in [0.15, 0.2) is 27.1 Å². The predicted molar refractivity (Wildman–Crippen MR) is 57.0 cm³/mol. The van der Waals surface area contributed by atoms with Gasteiger partial charge in [-0.2, -0.15) is 0 Å². The summed E-state index contributed by atoms with van der Waals surface area (Å²) in [5, 5.41) is 0. The molecule has 0 heterocycles.